The molecule has 1 atom stereocenters. The molecule has 2 nitrogen and oxygen atoms in total. The van der Waals surface area contributed by atoms with Gasteiger partial charge in [-0.2, -0.15) is 0 Å². The molecule has 0 heterocycles. The minimum absolute atomic E-state index is 0.817. The molecule has 0 aliphatic carbocycles. The first-order valence-electron chi connectivity index (χ1n) is 3.89. The van der Waals surface area contributed by atoms with E-state index in [0.29, 0.717) is 0 Å². The average molecular weight is 183 g/mol. The molecule has 0 fully saturated rings. The van der Waals surface area contributed by atoms with E-state index in [2.05, 4.69) is 0 Å². The van der Waals surface area contributed by atoms with Gasteiger partial charge in [-0.15, -0.1) is 4.52 Å². The van der Waals surface area contributed by atoms with Gasteiger partial charge in [0, 0.05) is 5.56 Å². The molecule has 0 bridgehead atoms. The van der Waals surface area contributed by atoms with Gasteiger partial charge in [0.2, 0.25) is 5.30 Å². The van der Waals surface area contributed by atoms with Gasteiger partial charge in [0.15, 0.2) is 0 Å². The monoisotopic (exact) mass is 183 g/mol. The number of hydrogen-bond donors (Lipinski definition) is 0. The molecule has 0 aliphatic rings. The van der Waals surface area contributed by atoms with Crippen molar-refractivity contribution in [2.45, 2.75) is 13.3 Å². The fourth-order valence-corrected chi connectivity index (χ4v) is 1.96. The first kappa shape index (κ1) is 9.37. The maximum Gasteiger partial charge on any atom is 0.548 e. The van der Waals surface area contributed by atoms with Gasteiger partial charge in [0.1, 0.15) is 0 Å². The molecule has 1 unspecified atom stereocenters. The lowest BCUT2D eigenvalue weighted by Crippen LogP contribution is -2.04. The summed E-state index contributed by atoms with van der Waals surface area (Å²) in [5.74, 6) is 0. The second-order valence-electron chi connectivity index (χ2n) is 2.42. The highest BCUT2D eigenvalue weighted by atomic mass is 31.1. The smallest absolute Gasteiger partial charge is 0.145 e. The van der Waals surface area contributed by atoms with E-state index in [-0.39, 0.29) is 0 Å². The number of rotatable bonds is 3. The molecule has 0 N–H and O–H groups in total. The van der Waals surface area contributed by atoms with Gasteiger partial charge in [-0.1, -0.05) is 25.1 Å². The Balaban J connectivity index is 3.04. The van der Waals surface area contributed by atoms with Gasteiger partial charge in [-0.25, -0.2) is 0 Å². The van der Waals surface area contributed by atoms with Gasteiger partial charge in [0.05, 0.1) is 7.11 Å². The van der Waals surface area contributed by atoms with E-state index >= 15 is 0 Å². The number of aryl methyl sites for hydroxylation is 1. The van der Waals surface area contributed by atoms with Crippen LogP contribution in [0.3, 0.4) is 0 Å². The van der Waals surface area contributed by atoms with Crippen molar-refractivity contribution in [3.05, 3.63) is 29.8 Å². The van der Waals surface area contributed by atoms with E-state index in [1.54, 1.807) is 0 Å². The third kappa shape index (κ3) is 1.90. The van der Waals surface area contributed by atoms with E-state index in [0.717, 1.165) is 17.3 Å². The first-order chi connectivity index (χ1) is 5.79. The average Bonchev–Trinajstić information content (AvgIpc) is 2.16. The summed E-state index contributed by atoms with van der Waals surface area (Å²) in [6, 6.07) is 7.64. The Labute approximate surface area is 73.4 Å². The minimum atomic E-state index is -1.65. The molecular formula is C9H12O2P+. The molecule has 1 rings (SSSR count). The molecule has 0 aromatic heterocycles. The van der Waals surface area contributed by atoms with E-state index in [1.165, 1.54) is 7.11 Å². The number of hydrogen-bond acceptors (Lipinski definition) is 2. The lowest BCUT2D eigenvalue weighted by Gasteiger charge is -1.94. The Morgan fingerprint density at radius 2 is 2.08 bits per heavy atom. The second-order valence-corrected chi connectivity index (χ2v) is 3.78. The van der Waals surface area contributed by atoms with Crippen molar-refractivity contribution < 1.29 is 9.09 Å². The predicted molar refractivity (Wildman–Crippen MR) is 50.1 cm³/mol. The van der Waals surface area contributed by atoms with E-state index in [9.17, 15) is 4.57 Å². The standard InChI is InChI=1S/C9H12O2P/c1-3-8-6-4-5-7-9(8)12(10)11-2/h4-7H,3H2,1-2H3/q+1. The van der Waals surface area contributed by atoms with Crippen LogP contribution >= 0.6 is 8.03 Å². The molecule has 1 aromatic carbocycles. The Hall–Kier alpha value is -0.720. The summed E-state index contributed by atoms with van der Waals surface area (Å²) in [5.41, 5.74) is 1.10. The Bertz CT molecular complexity index is 284. The van der Waals surface area contributed by atoms with E-state index in [1.807, 2.05) is 31.2 Å². The summed E-state index contributed by atoms with van der Waals surface area (Å²) in [7, 11) is -0.187. The van der Waals surface area contributed by atoms with Crippen molar-refractivity contribution >= 4 is 13.3 Å². The molecule has 0 aliphatic heterocycles. The van der Waals surface area contributed by atoms with Crippen molar-refractivity contribution in [2.24, 2.45) is 0 Å². The molecule has 1 aromatic rings. The van der Waals surface area contributed by atoms with Crippen LogP contribution in [0.2, 0.25) is 0 Å². The van der Waals surface area contributed by atoms with Crippen LogP contribution in [-0.4, -0.2) is 7.11 Å². The fraction of sp³-hybridized carbons (Fsp3) is 0.333. The summed E-state index contributed by atoms with van der Waals surface area (Å²) in [4.78, 5) is 0. The molecule has 64 valence electrons. The zero-order valence-electron chi connectivity index (χ0n) is 7.28. The Morgan fingerprint density at radius 1 is 1.42 bits per heavy atom. The van der Waals surface area contributed by atoms with Crippen LogP contribution < -0.4 is 5.30 Å². The maximum absolute atomic E-state index is 11.3. The van der Waals surface area contributed by atoms with Crippen LogP contribution in [-0.2, 0) is 15.5 Å². The summed E-state index contributed by atoms with van der Waals surface area (Å²) in [6.07, 6.45) is 0.889. The van der Waals surface area contributed by atoms with Crippen molar-refractivity contribution in [1.82, 2.24) is 0 Å². The molecule has 3 heteroatoms. The van der Waals surface area contributed by atoms with Crippen LogP contribution in [0.15, 0.2) is 24.3 Å². The van der Waals surface area contributed by atoms with Crippen LogP contribution in [0.25, 0.3) is 0 Å². The van der Waals surface area contributed by atoms with E-state index < -0.39 is 8.03 Å². The summed E-state index contributed by atoms with van der Waals surface area (Å²) < 4.78 is 16.1. The van der Waals surface area contributed by atoms with Crippen LogP contribution in [0.1, 0.15) is 12.5 Å². The summed E-state index contributed by atoms with van der Waals surface area (Å²) >= 11 is 0. The summed E-state index contributed by atoms with van der Waals surface area (Å²) in [6.45, 7) is 2.04. The lowest BCUT2D eigenvalue weighted by atomic mass is 10.2. The largest absolute Gasteiger partial charge is 0.548 e. The molecule has 0 saturated heterocycles. The molecule has 12 heavy (non-hydrogen) atoms. The third-order valence-corrected chi connectivity index (χ3v) is 2.90. The van der Waals surface area contributed by atoms with Gasteiger partial charge in [-0.05, 0) is 17.1 Å². The minimum Gasteiger partial charge on any atom is -0.145 e. The van der Waals surface area contributed by atoms with Crippen molar-refractivity contribution in [3.63, 3.8) is 0 Å². The highest BCUT2D eigenvalue weighted by molar-refractivity contribution is 7.48. The van der Waals surface area contributed by atoms with Crippen molar-refractivity contribution in [2.75, 3.05) is 7.11 Å². The quantitative estimate of drug-likeness (QED) is 0.672. The van der Waals surface area contributed by atoms with Gasteiger partial charge in [-0.3, -0.25) is 0 Å². The first-order valence-corrected chi connectivity index (χ1v) is 5.06. The predicted octanol–water partition coefficient (Wildman–Crippen LogP) is 2.26. The molecule has 0 spiro atoms. The Morgan fingerprint density at radius 3 is 2.67 bits per heavy atom. The van der Waals surface area contributed by atoms with Crippen molar-refractivity contribution in [3.8, 4) is 0 Å². The van der Waals surface area contributed by atoms with Gasteiger partial charge >= 0.3 is 8.03 Å². The molecule has 0 radical (unpaired) electrons. The SMILES string of the molecule is CCc1ccccc1[P+](=O)OC. The lowest BCUT2D eigenvalue weighted by molar-refractivity contribution is 0.423. The van der Waals surface area contributed by atoms with Crippen LogP contribution in [0, 0.1) is 0 Å². The fourth-order valence-electron chi connectivity index (χ4n) is 1.09. The topological polar surface area (TPSA) is 26.3 Å². The highest BCUT2D eigenvalue weighted by Gasteiger charge is 2.22. The zero-order chi connectivity index (χ0) is 8.97. The maximum atomic E-state index is 11.3. The Kier molecular flexibility index (Phi) is 3.39. The van der Waals surface area contributed by atoms with Gasteiger partial charge in [0.25, 0.3) is 0 Å². The second kappa shape index (κ2) is 4.34. The van der Waals surface area contributed by atoms with E-state index in [4.69, 9.17) is 4.52 Å². The van der Waals surface area contributed by atoms with Crippen LogP contribution in [0.4, 0.5) is 0 Å². The third-order valence-electron chi connectivity index (χ3n) is 1.74. The molecule has 0 saturated carbocycles. The van der Waals surface area contributed by atoms with Crippen molar-refractivity contribution in [1.29, 1.82) is 0 Å². The zero-order valence-corrected chi connectivity index (χ0v) is 8.17. The molecule has 0 amide bonds. The summed E-state index contributed by atoms with van der Waals surface area (Å²) in [5, 5.41) is 0.817. The number of benzene rings is 1. The van der Waals surface area contributed by atoms with Crippen LogP contribution in [0.5, 0.6) is 0 Å². The van der Waals surface area contributed by atoms with Gasteiger partial charge < -0.3 is 0 Å². The molecular weight excluding hydrogens is 171 g/mol. The highest BCUT2D eigenvalue weighted by Crippen LogP contribution is 2.21. The normalized spacial score (nSPS) is 11.3.